The van der Waals surface area contributed by atoms with E-state index in [0.29, 0.717) is 6.54 Å². The summed E-state index contributed by atoms with van der Waals surface area (Å²) in [4.78, 5) is 13.9. The number of benzene rings is 1. The van der Waals surface area contributed by atoms with Gasteiger partial charge in [0.05, 0.1) is 13.2 Å². The van der Waals surface area contributed by atoms with Crippen molar-refractivity contribution in [3.05, 3.63) is 35.9 Å². The Morgan fingerprint density at radius 1 is 1.55 bits per heavy atom. The predicted octanol–water partition coefficient (Wildman–Crippen LogP) is 1.94. The normalized spacial score (nSPS) is 20.4. The van der Waals surface area contributed by atoms with Crippen LogP contribution in [0.1, 0.15) is 18.9 Å². The third kappa shape index (κ3) is 3.61. The molecule has 0 bridgehead atoms. The van der Waals surface area contributed by atoms with Gasteiger partial charge in [0, 0.05) is 25.1 Å². The van der Waals surface area contributed by atoms with Gasteiger partial charge in [-0.3, -0.25) is 4.79 Å². The molecular weight excluding hydrogens is 254 g/mol. The number of methoxy groups -OCH3 is 1. The van der Waals surface area contributed by atoms with Crippen LogP contribution in [0.5, 0.6) is 5.75 Å². The highest BCUT2D eigenvalue weighted by Crippen LogP contribution is 2.20. The zero-order valence-electron chi connectivity index (χ0n) is 12.0. The van der Waals surface area contributed by atoms with E-state index in [-0.39, 0.29) is 17.9 Å². The Balaban J connectivity index is 1.95. The van der Waals surface area contributed by atoms with Gasteiger partial charge in [-0.05, 0) is 37.1 Å². The van der Waals surface area contributed by atoms with E-state index >= 15 is 0 Å². The molecule has 108 valence electrons. The molecule has 4 nitrogen and oxygen atoms in total. The molecule has 0 saturated carbocycles. The Morgan fingerprint density at radius 2 is 2.35 bits per heavy atom. The van der Waals surface area contributed by atoms with E-state index in [9.17, 15) is 9.90 Å². The van der Waals surface area contributed by atoms with Crippen LogP contribution in [-0.2, 0) is 4.79 Å². The first-order valence-corrected chi connectivity index (χ1v) is 6.89. The number of carbonyl (C=O) groups excluding carboxylic acids is 1. The number of amides is 1. The van der Waals surface area contributed by atoms with E-state index in [1.807, 2.05) is 24.3 Å². The summed E-state index contributed by atoms with van der Waals surface area (Å²) in [5.41, 5.74) is 0.934. The number of aliphatic hydroxyl groups excluding tert-OH is 1. The summed E-state index contributed by atoms with van der Waals surface area (Å²) in [6, 6.07) is 7.57. The molecule has 0 radical (unpaired) electrons. The number of likely N-dealkylation sites (tertiary alicyclic amines) is 1. The molecule has 1 aliphatic rings. The third-order valence-electron chi connectivity index (χ3n) is 3.73. The minimum Gasteiger partial charge on any atom is -0.497 e. The zero-order chi connectivity index (χ0) is 14.5. The van der Waals surface area contributed by atoms with E-state index in [1.54, 1.807) is 31.1 Å². The Kier molecular flexibility index (Phi) is 4.79. The van der Waals surface area contributed by atoms with Crippen molar-refractivity contribution in [1.29, 1.82) is 0 Å². The second kappa shape index (κ2) is 6.57. The fourth-order valence-electron chi connectivity index (χ4n) is 2.40. The van der Waals surface area contributed by atoms with Crippen molar-refractivity contribution < 1.29 is 14.6 Å². The lowest BCUT2D eigenvalue weighted by molar-refractivity contribution is -0.125. The van der Waals surface area contributed by atoms with Gasteiger partial charge in [0.2, 0.25) is 5.91 Å². The maximum Gasteiger partial charge on any atom is 0.246 e. The summed E-state index contributed by atoms with van der Waals surface area (Å²) in [6.45, 7) is 3.14. The molecule has 1 aromatic carbocycles. The predicted molar refractivity (Wildman–Crippen MR) is 78.4 cm³/mol. The highest BCUT2D eigenvalue weighted by atomic mass is 16.5. The van der Waals surface area contributed by atoms with Crippen LogP contribution in [0.25, 0.3) is 6.08 Å². The van der Waals surface area contributed by atoms with Crippen LogP contribution >= 0.6 is 0 Å². The minimum absolute atomic E-state index is 0.00373. The van der Waals surface area contributed by atoms with Crippen molar-refractivity contribution in [2.45, 2.75) is 19.4 Å². The summed E-state index contributed by atoms with van der Waals surface area (Å²) in [6.07, 6.45) is 3.89. The zero-order valence-corrected chi connectivity index (χ0v) is 12.0. The van der Waals surface area contributed by atoms with Crippen LogP contribution in [0.4, 0.5) is 0 Å². The SMILES string of the molecule is COc1cccc(/C=C/C(=O)N2CCC(C(C)O)C2)c1. The first-order valence-electron chi connectivity index (χ1n) is 6.89. The first kappa shape index (κ1) is 14.6. The van der Waals surface area contributed by atoms with Gasteiger partial charge in [-0.25, -0.2) is 0 Å². The van der Waals surface area contributed by atoms with Crippen LogP contribution in [0.15, 0.2) is 30.3 Å². The van der Waals surface area contributed by atoms with Crippen molar-refractivity contribution in [3.8, 4) is 5.75 Å². The molecular formula is C16H21NO3. The summed E-state index contributed by atoms with van der Waals surface area (Å²) in [7, 11) is 1.62. The molecule has 4 heteroatoms. The van der Waals surface area contributed by atoms with Crippen LogP contribution in [0.2, 0.25) is 0 Å². The van der Waals surface area contributed by atoms with Crippen molar-refractivity contribution in [2.24, 2.45) is 5.92 Å². The van der Waals surface area contributed by atoms with Crippen molar-refractivity contribution in [3.63, 3.8) is 0 Å². The number of carbonyl (C=O) groups is 1. The topological polar surface area (TPSA) is 49.8 Å². The molecule has 0 spiro atoms. The number of hydrogen-bond donors (Lipinski definition) is 1. The molecule has 20 heavy (non-hydrogen) atoms. The van der Waals surface area contributed by atoms with Gasteiger partial charge in [0.25, 0.3) is 0 Å². The number of aliphatic hydroxyl groups is 1. The van der Waals surface area contributed by atoms with Crippen LogP contribution in [0.3, 0.4) is 0 Å². The first-order chi connectivity index (χ1) is 9.60. The average Bonchev–Trinajstić information content (AvgIpc) is 2.95. The molecule has 1 saturated heterocycles. The van der Waals surface area contributed by atoms with Gasteiger partial charge in [0.1, 0.15) is 5.75 Å². The van der Waals surface area contributed by atoms with Crippen LogP contribution in [-0.4, -0.2) is 42.2 Å². The molecule has 2 atom stereocenters. The fourth-order valence-corrected chi connectivity index (χ4v) is 2.40. The largest absolute Gasteiger partial charge is 0.497 e. The standard InChI is InChI=1S/C16H21NO3/c1-12(18)14-8-9-17(11-14)16(19)7-6-13-4-3-5-15(10-13)20-2/h3-7,10,12,14,18H,8-9,11H2,1-2H3/b7-6+. The number of ether oxygens (including phenoxy) is 1. The molecule has 1 N–H and O–H groups in total. The third-order valence-corrected chi connectivity index (χ3v) is 3.73. The van der Waals surface area contributed by atoms with Gasteiger partial charge < -0.3 is 14.7 Å². The van der Waals surface area contributed by atoms with Gasteiger partial charge in [0.15, 0.2) is 0 Å². The minimum atomic E-state index is -0.352. The smallest absolute Gasteiger partial charge is 0.246 e. The lowest BCUT2D eigenvalue weighted by Gasteiger charge is -2.15. The van der Waals surface area contributed by atoms with E-state index in [4.69, 9.17) is 4.74 Å². The lowest BCUT2D eigenvalue weighted by Crippen LogP contribution is -2.28. The quantitative estimate of drug-likeness (QED) is 0.854. The van der Waals surface area contributed by atoms with Crippen molar-refractivity contribution >= 4 is 12.0 Å². The van der Waals surface area contributed by atoms with E-state index < -0.39 is 0 Å². The maximum atomic E-state index is 12.1. The molecule has 2 rings (SSSR count). The molecule has 2 unspecified atom stereocenters. The Morgan fingerprint density at radius 3 is 3.00 bits per heavy atom. The van der Waals surface area contributed by atoms with Gasteiger partial charge in [-0.15, -0.1) is 0 Å². The molecule has 1 aromatic rings. The number of hydrogen-bond acceptors (Lipinski definition) is 3. The molecule has 0 aromatic heterocycles. The molecule has 0 aliphatic carbocycles. The average molecular weight is 275 g/mol. The van der Waals surface area contributed by atoms with Crippen molar-refractivity contribution in [2.75, 3.05) is 20.2 Å². The molecule has 1 heterocycles. The number of rotatable bonds is 4. The number of nitrogens with zero attached hydrogens (tertiary/aromatic N) is 1. The van der Waals surface area contributed by atoms with Crippen molar-refractivity contribution in [1.82, 2.24) is 4.90 Å². The maximum absolute atomic E-state index is 12.1. The second-order valence-corrected chi connectivity index (χ2v) is 5.18. The second-order valence-electron chi connectivity index (χ2n) is 5.18. The lowest BCUT2D eigenvalue weighted by atomic mass is 10.0. The van der Waals surface area contributed by atoms with E-state index in [0.717, 1.165) is 24.3 Å². The summed E-state index contributed by atoms with van der Waals surface area (Å²) < 4.78 is 5.14. The van der Waals surface area contributed by atoms with Gasteiger partial charge in [-0.1, -0.05) is 12.1 Å². The Hall–Kier alpha value is -1.81. The molecule has 1 fully saturated rings. The fraction of sp³-hybridized carbons (Fsp3) is 0.438. The Bertz CT molecular complexity index is 496. The molecule has 1 aliphatic heterocycles. The monoisotopic (exact) mass is 275 g/mol. The summed E-state index contributed by atoms with van der Waals surface area (Å²) >= 11 is 0. The van der Waals surface area contributed by atoms with Gasteiger partial charge >= 0.3 is 0 Å². The van der Waals surface area contributed by atoms with Crippen LogP contribution < -0.4 is 4.74 Å². The Labute approximate surface area is 119 Å². The van der Waals surface area contributed by atoms with Crippen LogP contribution in [0, 0.1) is 5.92 Å². The van der Waals surface area contributed by atoms with Gasteiger partial charge in [-0.2, -0.15) is 0 Å². The highest BCUT2D eigenvalue weighted by Gasteiger charge is 2.27. The van der Waals surface area contributed by atoms with E-state index in [2.05, 4.69) is 0 Å². The summed E-state index contributed by atoms with van der Waals surface area (Å²) in [5, 5.41) is 9.55. The van der Waals surface area contributed by atoms with E-state index in [1.165, 1.54) is 0 Å². The molecule has 1 amide bonds. The highest BCUT2D eigenvalue weighted by molar-refractivity contribution is 5.92. The summed E-state index contributed by atoms with van der Waals surface area (Å²) in [5.74, 6) is 0.968.